The first-order valence-corrected chi connectivity index (χ1v) is 7.76. The van der Waals surface area contributed by atoms with Crippen molar-refractivity contribution in [3.05, 3.63) is 36.3 Å². The van der Waals surface area contributed by atoms with Gasteiger partial charge in [0.05, 0.1) is 5.52 Å². The normalized spacial score (nSPS) is 11.2. The van der Waals surface area contributed by atoms with Gasteiger partial charge in [0.25, 0.3) is 0 Å². The molecular formula is C17H24FN3. The van der Waals surface area contributed by atoms with Crippen molar-refractivity contribution >= 4 is 16.6 Å². The second-order valence-corrected chi connectivity index (χ2v) is 5.17. The molecule has 0 aliphatic heterocycles. The molecule has 1 N–H and O–H groups in total. The summed E-state index contributed by atoms with van der Waals surface area (Å²) in [5.74, 6) is -0.431. The number of fused-ring (bicyclic) bond motifs is 1. The lowest BCUT2D eigenvalue weighted by Crippen LogP contribution is -2.24. The Morgan fingerprint density at radius 2 is 1.90 bits per heavy atom. The first kappa shape index (κ1) is 15.7. The molecule has 0 saturated carbocycles. The standard InChI is InChI=1S/C17H24FN3/c1-3-21(4-2)12-8-7-11-19-16-13-17(18)20-15-10-6-5-9-14(15)16/h5-6,9-10,13H,3-4,7-8,11-12H2,1-2H3,(H,19,20). The average Bonchev–Trinajstić information content (AvgIpc) is 2.50. The molecule has 2 aromatic rings. The number of halogens is 1. The highest BCUT2D eigenvalue weighted by molar-refractivity contribution is 5.90. The van der Waals surface area contributed by atoms with Gasteiger partial charge in [0.2, 0.25) is 5.95 Å². The van der Waals surface area contributed by atoms with Crippen LogP contribution >= 0.6 is 0 Å². The van der Waals surface area contributed by atoms with Gasteiger partial charge < -0.3 is 10.2 Å². The van der Waals surface area contributed by atoms with Crippen molar-refractivity contribution in [1.29, 1.82) is 0 Å². The van der Waals surface area contributed by atoms with Gasteiger partial charge in [-0.05, 0) is 38.5 Å². The molecule has 0 aliphatic carbocycles. The third-order valence-electron chi connectivity index (χ3n) is 3.80. The van der Waals surface area contributed by atoms with Gasteiger partial charge in [-0.2, -0.15) is 4.39 Å². The number of hydrogen-bond donors (Lipinski definition) is 1. The highest BCUT2D eigenvalue weighted by Crippen LogP contribution is 2.22. The Morgan fingerprint density at radius 3 is 2.67 bits per heavy atom. The maximum Gasteiger partial charge on any atom is 0.215 e. The molecular weight excluding hydrogens is 265 g/mol. The highest BCUT2D eigenvalue weighted by Gasteiger charge is 2.05. The molecule has 1 heterocycles. The summed E-state index contributed by atoms with van der Waals surface area (Å²) in [6.45, 7) is 8.56. The molecule has 0 spiro atoms. The van der Waals surface area contributed by atoms with E-state index in [4.69, 9.17) is 0 Å². The van der Waals surface area contributed by atoms with Crippen LogP contribution in [0.1, 0.15) is 26.7 Å². The Kier molecular flexibility index (Phi) is 5.93. The van der Waals surface area contributed by atoms with Crippen LogP contribution in [0.15, 0.2) is 30.3 Å². The zero-order valence-electron chi connectivity index (χ0n) is 12.9. The van der Waals surface area contributed by atoms with E-state index < -0.39 is 5.95 Å². The van der Waals surface area contributed by atoms with Crippen LogP contribution in [-0.4, -0.2) is 36.1 Å². The monoisotopic (exact) mass is 289 g/mol. The van der Waals surface area contributed by atoms with Crippen molar-refractivity contribution in [1.82, 2.24) is 9.88 Å². The molecule has 1 aromatic heterocycles. The Balaban J connectivity index is 1.89. The van der Waals surface area contributed by atoms with Gasteiger partial charge in [0, 0.05) is 23.7 Å². The predicted octanol–water partition coefficient (Wildman–Crippen LogP) is 3.91. The fourth-order valence-corrected chi connectivity index (χ4v) is 2.51. The van der Waals surface area contributed by atoms with Gasteiger partial charge in [0.1, 0.15) is 0 Å². The average molecular weight is 289 g/mol. The smallest absolute Gasteiger partial charge is 0.215 e. The minimum absolute atomic E-state index is 0.431. The molecule has 21 heavy (non-hydrogen) atoms. The van der Waals surface area contributed by atoms with E-state index in [2.05, 4.69) is 29.0 Å². The van der Waals surface area contributed by atoms with Crippen LogP contribution in [0, 0.1) is 5.95 Å². The summed E-state index contributed by atoms with van der Waals surface area (Å²) in [7, 11) is 0. The van der Waals surface area contributed by atoms with Crippen molar-refractivity contribution in [2.75, 3.05) is 31.5 Å². The van der Waals surface area contributed by atoms with Crippen LogP contribution in [-0.2, 0) is 0 Å². The van der Waals surface area contributed by atoms with Gasteiger partial charge in [-0.15, -0.1) is 0 Å². The number of pyridine rings is 1. The second-order valence-electron chi connectivity index (χ2n) is 5.17. The minimum atomic E-state index is -0.431. The maximum atomic E-state index is 13.5. The molecule has 1 aromatic carbocycles. The number of benzene rings is 1. The molecule has 0 bridgehead atoms. The number of unbranched alkanes of at least 4 members (excludes halogenated alkanes) is 1. The van der Waals surface area contributed by atoms with E-state index in [-0.39, 0.29) is 0 Å². The van der Waals surface area contributed by atoms with Crippen LogP contribution in [0.5, 0.6) is 0 Å². The van der Waals surface area contributed by atoms with E-state index in [1.54, 1.807) is 0 Å². The van der Waals surface area contributed by atoms with Crippen molar-refractivity contribution in [3.63, 3.8) is 0 Å². The third kappa shape index (κ3) is 4.39. The SMILES string of the molecule is CCN(CC)CCCCNc1cc(F)nc2ccccc12. The lowest BCUT2D eigenvalue weighted by molar-refractivity contribution is 0.298. The molecule has 3 nitrogen and oxygen atoms in total. The Hall–Kier alpha value is -1.68. The van der Waals surface area contributed by atoms with Crippen LogP contribution in [0.4, 0.5) is 10.1 Å². The molecule has 114 valence electrons. The largest absolute Gasteiger partial charge is 0.384 e. The van der Waals surface area contributed by atoms with Crippen LogP contribution in [0.2, 0.25) is 0 Å². The van der Waals surface area contributed by atoms with Crippen LogP contribution < -0.4 is 5.32 Å². The van der Waals surface area contributed by atoms with E-state index in [0.717, 1.165) is 50.1 Å². The highest BCUT2D eigenvalue weighted by atomic mass is 19.1. The van der Waals surface area contributed by atoms with Gasteiger partial charge in [-0.3, -0.25) is 0 Å². The number of aromatic nitrogens is 1. The summed E-state index contributed by atoms with van der Waals surface area (Å²) in [6.07, 6.45) is 2.23. The Labute approximate surface area is 126 Å². The summed E-state index contributed by atoms with van der Waals surface area (Å²) < 4.78 is 13.5. The summed E-state index contributed by atoms with van der Waals surface area (Å²) in [4.78, 5) is 6.33. The van der Waals surface area contributed by atoms with E-state index in [1.807, 2.05) is 24.3 Å². The number of nitrogens with zero attached hydrogens (tertiary/aromatic N) is 2. The second kappa shape index (κ2) is 7.93. The molecule has 0 aliphatic rings. The molecule has 0 fully saturated rings. The van der Waals surface area contributed by atoms with Gasteiger partial charge >= 0.3 is 0 Å². The van der Waals surface area contributed by atoms with Gasteiger partial charge in [0.15, 0.2) is 0 Å². The molecule has 4 heteroatoms. The van der Waals surface area contributed by atoms with Crippen LogP contribution in [0.3, 0.4) is 0 Å². The van der Waals surface area contributed by atoms with Crippen molar-refractivity contribution < 1.29 is 4.39 Å². The summed E-state index contributed by atoms with van der Waals surface area (Å²) in [5, 5.41) is 4.31. The first-order chi connectivity index (χ1) is 10.2. The summed E-state index contributed by atoms with van der Waals surface area (Å²) in [5.41, 5.74) is 1.53. The number of hydrogen-bond acceptors (Lipinski definition) is 3. The lowest BCUT2D eigenvalue weighted by Gasteiger charge is -2.17. The number of anilines is 1. The maximum absolute atomic E-state index is 13.5. The topological polar surface area (TPSA) is 28.2 Å². The third-order valence-corrected chi connectivity index (χ3v) is 3.80. The Morgan fingerprint density at radius 1 is 1.14 bits per heavy atom. The van der Waals surface area contributed by atoms with E-state index in [0.29, 0.717) is 5.52 Å². The first-order valence-electron chi connectivity index (χ1n) is 7.76. The molecule has 0 amide bonds. The molecule has 2 rings (SSSR count). The minimum Gasteiger partial charge on any atom is -0.384 e. The van der Waals surface area contributed by atoms with E-state index in [1.165, 1.54) is 6.07 Å². The molecule has 0 radical (unpaired) electrons. The quantitative estimate of drug-likeness (QED) is 0.590. The van der Waals surface area contributed by atoms with E-state index in [9.17, 15) is 4.39 Å². The fraction of sp³-hybridized carbons (Fsp3) is 0.471. The molecule has 0 saturated heterocycles. The lowest BCUT2D eigenvalue weighted by atomic mass is 10.2. The number of nitrogens with one attached hydrogen (secondary N) is 1. The van der Waals surface area contributed by atoms with Crippen molar-refractivity contribution in [2.24, 2.45) is 0 Å². The zero-order valence-corrected chi connectivity index (χ0v) is 12.9. The molecule has 0 unspecified atom stereocenters. The number of rotatable bonds is 8. The summed E-state index contributed by atoms with van der Waals surface area (Å²) in [6, 6.07) is 9.12. The van der Waals surface area contributed by atoms with Gasteiger partial charge in [-0.1, -0.05) is 32.0 Å². The number of para-hydroxylation sites is 1. The van der Waals surface area contributed by atoms with Crippen molar-refractivity contribution in [3.8, 4) is 0 Å². The van der Waals surface area contributed by atoms with Gasteiger partial charge in [-0.25, -0.2) is 4.98 Å². The van der Waals surface area contributed by atoms with E-state index >= 15 is 0 Å². The van der Waals surface area contributed by atoms with Crippen LogP contribution in [0.25, 0.3) is 10.9 Å². The molecule has 0 atom stereocenters. The fourth-order valence-electron chi connectivity index (χ4n) is 2.51. The van der Waals surface area contributed by atoms with Crippen molar-refractivity contribution in [2.45, 2.75) is 26.7 Å². The summed E-state index contributed by atoms with van der Waals surface area (Å²) >= 11 is 0. The Bertz CT molecular complexity index is 567. The predicted molar refractivity (Wildman–Crippen MR) is 87.2 cm³/mol. The zero-order chi connectivity index (χ0) is 15.1.